The first kappa shape index (κ1) is 12.6. The van der Waals surface area contributed by atoms with Gasteiger partial charge in [0.05, 0.1) is 4.92 Å². The molecule has 0 amide bonds. The summed E-state index contributed by atoms with van der Waals surface area (Å²) in [6.45, 7) is 4.23. The minimum Gasteiger partial charge on any atom is -0.324 e. The number of rotatable bonds is 5. The van der Waals surface area contributed by atoms with Crippen molar-refractivity contribution in [1.82, 2.24) is 0 Å². The van der Waals surface area contributed by atoms with Crippen LogP contribution in [0, 0.1) is 16.0 Å². The van der Waals surface area contributed by atoms with E-state index in [9.17, 15) is 10.1 Å². The number of nitrogens with two attached hydrogens (primary N) is 1. The molecule has 0 aliphatic heterocycles. The maximum Gasteiger partial charge on any atom is 0.274 e. The number of nitro benzene ring substituents is 1. The molecule has 0 aromatic heterocycles. The molecule has 0 saturated carbocycles. The zero-order valence-corrected chi connectivity index (χ0v) is 9.72. The Labute approximate surface area is 95.6 Å². The highest BCUT2D eigenvalue weighted by Gasteiger charge is 2.18. The lowest BCUT2D eigenvalue weighted by molar-refractivity contribution is -0.385. The molecule has 1 aromatic carbocycles. The summed E-state index contributed by atoms with van der Waals surface area (Å²) in [6, 6.07) is 6.45. The quantitative estimate of drug-likeness (QED) is 0.615. The lowest BCUT2D eigenvalue weighted by Crippen LogP contribution is -2.13. The predicted octanol–water partition coefficient (Wildman–Crippen LogP) is 3.03. The lowest BCUT2D eigenvalue weighted by Gasteiger charge is -2.13. The molecule has 1 rings (SSSR count). The van der Waals surface area contributed by atoms with Crippen molar-refractivity contribution in [3.8, 4) is 0 Å². The molecule has 88 valence electrons. The van der Waals surface area contributed by atoms with Gasteiger partial charge in [-0.05, 0) is 18.8 Å². The normalized spacial score (nSPS) is 12.8. The van der Waals surface area contributed by atoms with E-state index < -0.39 is 0 Å². The van der Waals surface area contributed by atoms with E-state index in [1.165, 1.54) is 6.07 Å². The van der Waals surface area contributed by atoms with E-state index in [0.29, 0.717) is 11.5 Å². The van der Waals surface area contributed by atoms with Gasteiger partial charge in [-0.1, -0.05) is 32.0 Å². The first-order valence-electron chi connectivity index (χ1n) is 5.51. The average Bonchev–Trinajstić information content (AvgIpc) is 2.25. The fraction of sp³-hybridized carbons (Fsp3) is 0.500. The van der Waals surface area contributed by atoms with Gasteiger partial charge in [-0.15, -0.1) is 0 Å². The van der Waals surface area contributed by atoms with Crippen LogP contribution >= 0.6 is 0 Å². The summed E-state index contributed by atoms with van der Waals surface area (Å²) in [5, 5.41) is 10.8. The van der Waals surface area contributed by atoms with Crippen LogP contribution in [0.3, 0.4) is 0 Å². The van der Waals surface area contributed by atoms with Crippen molar-refractivity contribution < 1.29 is 4.92 Å². The highest BCUT2D eigenvalue weighted by atomic mass is 16.6. The maximum atomic E-state index is 10.8. The van der Waals surface area contributed by atoms with E-state index in [2.05, 4.69) is 13.8 Å². The van der Waals surface area contributed by atoms with Crippen molar-refractivity contribution in [2.24, 2.45) is 11.7 Å². The smallest absolute Gasteiger partial charge is 0.274 e. The van der Waals surface area contributed by atoms with E-state index in [4.69, 9.17) is 5.73 Å². The molecule has 16 heavy (non-hydrogen) atoms. The molecule has 4 heteroatoms. The Balaban J connectivity index is 2.82. The predicted molar refractivity (Wildman–Crippen MR) is 64.1 cm³/mol. The number of hydrogen-bond donors (Lipinski definition) is 1. The third kappa shape index (κ3) is 3.31. The second-order valence-electron chi connectivity index (χ2n) is 4.39. The molecule has 0 heterocycles. The van der Waals surface area contributed by atoms with Gasteiger partial charge in [0, 0.05) is 17.7 Å². The van der Waals surface area contributed by atoms with Gasteiger partial charge in [-0.2, -0.15) is 0 Å². The molecule has 0 bridgehead atoms. The van der Waals surface area contributed by atoms with Crippen molar-refractivity contribution in [1.29, 1.82) is 0 Å². The first-order valence-corrected chi connectivity index (χ1v) is 5.51. The second-order valence-corrected chi connectivity index (χ2v) is 4.39. The van der Waals surface area contributed by atoms with Gasteiger partial charge >= 0.3 is 0 Å². The molecule has 1 aromatic rings. The van der Waals surface area contributed by atoms with Gasteiger partial charge < -0.3 is 5.73 Å². The van der Waals surface area contributed by atoms with E-state index >= 15 is 0 Å². The molecule has 1 atom stereocenters. The van der Waals surface area contributed by atoms with Crippen LogP contribution in [0.5, 0.6) is 0 Å². The topological polar surface area (TPSA) is 69.2 Å². The standard InChI is InChI=1S/C12H18N2O2/c1-9(2)7-8-11(13)10-5-3-4-6-12(10)14(15)16/h3-6,9,11H,7-8,13H2,1-2H3/t11-/m0/s1. The third-order valence-electron chi connectivity index (χ3n) is 2.59. The molecule has 0 radical (unpaired) electrons. The molecular weight excluding hydrogens is 204 g/mol. The Morgan fingerprint density at radius 3 is 2.50 bits per heavy atom. The Hall–Kier alpha value is -1.42. The number of nitro groups is 1. The number of benzene rings is 1. The largest absolute Gasteiger partial charge is 0.324 e. The zero-order valence-electron chi connectivity index (χ0n) is 9.72. The van der Waals surface area contributed by atoms with E-state index in [-0.39, 0.29) is 16.7 Å². The zero-order chi connectivity index (χ0) is 12.1. The number of para-hydroxylation sites is 1. The molecule has 0 saturated heterocycles. The van der Waals surface area contributed by atoms with Crippen LogP contribution < -0.4 is 5.73 Å². The summed E-state index contributed by atoms with van der Waals surface area (Å²) in [5.41, 5.74) is 6.73. The minimum absolute atomic E-state index is 0.124. The van der Waals surface area contributed by atoms with Crippen molar-refractivity contribution in [2.45, 2.75) is 32.7 Å². The Morgan fingerprint density at radius 2 is 1.94 bits per heavy atom. The summed E-state index contributed by atoms with van der Waals surface area (Å²) in [4.78, 5) is 10.4. The van der Waals surface area contributed by atoms with Gasteiger partial charge in [0.15, 0.2) is 0 Å². The summed E-state index contributed by atoms with van der Waals surface area (Å²) in [6.07, 6.45) is 1.76. The summed E-state index contributed by atoms with van der Waals surface area (Å²) < 4.78 is 0. The summed E-state index contributed by atoms with van der Waals surface area (Å²) in [7, 11) is 0. The summed E-state index contributed by atoms with van der Waals surface area (Å²) >= 11 is 0. The van der Waals surface area contributed by atoms with Crippen LogP contribution in [-0.4, -0.2) is 4.92 Å². The van der Waals surface area contributed by atoms with Crippen molar-refractivity contribution in [3.05, 3.63) is 39.9 Å². The highest BCUT2D eigenvalue weighted by molar-refractivity contribution is 5.41. The van der Waals surface area contributed by atoms with Crippen LogP contribution in [0.25, 0.3) is 0 Å². The van der Waals surface area contributed by atoms with Gasteiger partial charge in [-0.3, -0.25) is 10.1 Å². The second kappa shape index (κ2) is 5.61. The maximum absolute atomic E-state index is 10.8. The Kier molecular flexibility index (Phi) is 4.43. The van der Waals surface area contributed by atoms with E-state index in [1.54, 1.807) is 18.2 Å². The van der Waals surface area contributed by atoms with Gasteiger partial charge in [0.1, 0.15) is 0 Å². The number of nitrogens with zero attached hydrogens (tertiary/aromatic N) is 1. The van der Waals surface area contributed by atoms with Crippen molar-refractivity contribution in [2.75, 3.05) is 0 Å². The van der Waals surface area contributed by atoms with Crippen LogP contribution in [0.4, 0.5) is 5.69 Å². The first-order chi connectivity index (χ1) is 7.52. The van der Waals surface area contributed by atoms with E-state index in [0.717, 1.165) is 12.8 Å². The molecule has 0 unspecified atom stereocenters. The molecule has 4 nitrogen and oxygen atoms in total. The fourth-order valence-corrected chi connectivity index (χ4v) is 1.64. The van der Waals surface area contributed by atoms with Crippen LogP contribution in [0.2, 0.25) is 0 Å². The lowest BCUT2D eigenvalue weighted by atomic mass is 9.97. The number of hydrogen-bond acceptors (Lipinski definition) is 3. The van der Waals surface area contributed by atoms with Gasteiger partial charge in [0.25, 0.3) is 5.69 Å². The van der Waals surface area contributed by atoms with Crippen LogP contribution in [0.1, 0.15) is 38.3 Å². The molecule has 0 aliphatic carbocycles. The van der Waals surface area contributed by atoms with Crippen molar-refractivity contribution in [3.63, 3.8) is 0 Å². The molecule has 0 aliphatic rings. The summed E-state index contributed by atoms with van der Waals surface area (Å²) in [5.74, 6) is 0.564. The average molecular weight is 222 g/mol. The van der Waals surface area contributed by atoms with Gasteiger partial charge in [0.2, 0.25) is 0 Å². The molecule has 0 spiro atoms. The van der Waals surface area contributed by atoms with Crippen LogP contribution in [-0.2, 0) is 0 Å². The monoisotopic (exact) mass is 222 g/mol. The molecular formula is C12H18N2O2. The fourth-order valence-electron chi connectivity index (χ4n) is 1.64. The Morgan fingerprint density at radius 1 is 1.31 bits per heavy atom. The van der Waals surface area contributed by atoms with Crippen LogP contribution in [0.15, 0.2) is 24.3 Å². The Bertz CT molecular complexity index is 364. The minimum atomic E-state index is -0.370. The third-order valence-corrected chi connectivity index (χ3v) is 2.59. The van der Waals surface area contributed by atoms with E-state index in [1.807, 2.05) is 0 Å². The highest BCUT2D eigenvalue weighted by Crippen LogP contribution is 2.26. The van der Waals surface area contributed by atoms with Gasteiger partial charge in [-0.25, -0.2) is 0 Å². The SMILES string of the molecule is CC(C)CC[C@H](N)c1ccccc1[N+](=O)[O-]. The molecule has 0 fully saturated rings. The van der Waals surface area contributed by atoms with Crippen molar-refractivity contribution >= 4 is 5.69 Å². The molecule has 2 N–H and O–H groups in total.